The van der Waals surface area contributed by atoms with Crippen LogP contribution in [-0.4, -0.2) is 22.4 Å². The molecule has 0 saturated heterocycles. The monoisotopic (exact) mass is 231 g/mol. The van der Waals surface area contributed by atoms with Crippen LogP contribution in [0.2, 0.25) is 5.02 Å². The number of pyridine rings is 1. The molecule has 0 aliphatic carbocycles. The van der Waals surface area contributed by atoms with Crippen molar-refractivity contribution in [3.63, 3.8) is 0 Å². The number of rotatable bonds is 2. The first kappa shape index (κ1) is 11.3. The van der Waals surface area contributed by atoms with Gasteiger partial charge in [0.1, 0.15) is 11.5 Å². The van der Waals surface area contributed by atoms with Gasteiger partial charge in [-0.15, -0.1) is 5.10 Å². The van der Waals surface area contributed by atoms with Crippen LogP contribution < -0.4 is 11.2 Å². The first-order chi connectivity index (χ1) is 7.13. The molecule has 0 bridgehead atoms. The second kappa shape index (κ2) is 5.23. The highest BCUT2D eigenvalue weighted by molar-refractivity contribution is 6.32. The molecular weight excluding hydrogens is 225 g/mol. The van der Waals surface area contributed by atoms with E-state index >= 15 is 0 Å². The molecule has 6 nitrogen and oxygen atoms in total. The molecule has 1 heterocycles. The summed E-state index contributed by atoms with van der Waals surface area (Å²) in [6.45, 7) is 0. The van der Waals surface area contributed by atoms with Crippen LogP contribution in [0, 0.1) is 5.82 Å². The van der Waals surface area contributed by atoms with Crippen LogP contribution in [-0.2, 0) is 0 Å². The Bertz CT molecular complexity index is 408. The minimum Gasteiger partial charge on any atom is -0.367 e. The highest BCUT2D eigenvalue weighted by Gasteiger charge is 2.00. The molecule has 0 radical (unpaired) electrons. The van der Waals surface area contributed by atoms with Crippen molar-refractivity contribution in [1.29, 1.82) is 0 Å². The van der Waals surface area contributed by atoms with Crippen LogP contribution in [0.15, 0.2) is 22.5 Å². The third kappa shape index (κ3) is 3.49. The Morgan fingerprint density at radius 2 is 2.47 bits per heavy atom. The zero-order valence-electron chi connectivity index (χ0n) is 7.35. The smallest absolute Gasteiger partial charge is 0.237 e. The third-order valence-corrected chi connectivity index (χ3v) is 1.60. The second-order valence-electron chi connectivity index (χ2n) is 2.36. The lowest BCUT2D eigenvalue weighted by molar-refractivity contribution is 0.232. The fourth-order valence-electron chi connectivity index (χ4n) is 0.688. The minimum atomic E-state index is -0.544. The number of nitrogens with two attached hydrogens (primary N) is 1. The molecule has 0 aliphatic rings. The van der Waals surface area contributed by atoms with Crippen LogP contribution in [0.25, 0.3) is 0 Å². The lowest BCUT2D eigenvalue weighted by atomic mass is 10.4. The molecule has 0 saturated carbocycles. The molecule has 1 aromatic rings. The third-order valence-electron chi connectivity index (χ3n) is 1.30. The molecule has 15 heavy (non-hydrogen) atoms. The minimum absolute atomic E-state index is 0.101. The van der Waals surface area contributed by atoms with Gasteiger partial charge in [-0.1, -0.05) is 11.6 Å². The number of guanidine groups is 1. The van der Waals surface area contributed by atoms with E-state index in [9.17, 15) is 4.39 Å². The number of hydrogen-bond donors (Lipinski definition) is 3. The molecular formula is C7H7ClFN5O. The summed E-state index contributed by atoms with van der Waals surface area (Å²) in [6, 6.07) is 1.09. The highest BCUT2D eigenvalue weighted by Crippen LogP contribution is 2.12. The van der Waals surface area contributed by atoms with E-state index in [0.717, 1.165) is 12.3 Å². The SMILES string of the molecule is NC(=N/N=C/c1ncc(F)cc1Cl)NO. The van der Waals surface area contributed by atoms with E-state index in [-0.39, 0.29) is 16.7 Å². The normalized spacial score (nSPS) is 12.1. The Labute approximate surface area is 89.2 Å². The van der Waals surface area contributed by atoms with Gasteiger partial charge in [0, 0.05) is 0 Å². The largest absolute Gasteiger partial charge is 0.367 e. The van der Waals surface area contributed by atoms with Crippen molar-refractivity contribution in [2.75, 3.05) is 0 Å². The summed E-state index contributed by atoms with van der Waals surface area (Å²) in [4.78, 5) is 3.65. The second-order valence-corrected chi connectivity index (χ2v) is 2.77. The first-order valence-corrected chi connectivity index (χ1v) is 4.09. The predicted molar refractivity (Wildman–Crippen MR) is 53.3 cm³/mol. The molecule has 1 aromatic heterocycles. The molecule has 0 unspecified atom stereocenters. The predicted octanol–water partition coefficient (Wildman–Crippen LogP) is 0.501. The summed E-state index contributed by atoms with van der Waals surface area (Å²) in [7, 11) is 0. The quantitative estimate of drug-likeness (QED) is 0.392. The van der Waals surface area contributed by atoms with Gasteiger partial charge in [-0.05, 0) is 6.07 Å². The molecule has 0 atom stereocenters. The fraction of sp³-hybridized carbons (Fsp3) is 0. The number of hydrogen-bond acceptors (Lipinski definition) is 4. The van der Waals surface area contributed by atoms with Crippen LogP contribution in [0.5, 0.6) is 0 Å². The van der Waals surface area contributed by atoms with Gasteiger partial charge in [-0.2, -0.15) is 5.10 Å². The standard InChI is InChI=1S/C7H7ClFN5O/c8-5-1-4(9)2-11-6(5)3-12-13-7(10)14-15/h1-3,15H,(H3,10,13,14)/b12-3+. The van der Waals surface area contributed by atoms with E-state index in [1.165, 1.54) is 6.21 Å². The molecule has 0 aliphatic heterocycles. The molecule has 80 valence electrons. The molecule has 0 amide bonds. The van der Waals surface area contributed by atoms with Crippen molar-refractivity contribution in [2.24, 2.45) is 15.9 Å². The number of nitrogens with one attached hydrogen (secondary N) is 1. The van der Waals surface area contributed by atoms with Crippen LogP contribution in [0.4, 0.5) is 4.39 Å². The maximum absolute atomic E-state index is 12.6. The van der Waals surface area contributed by atoms with Gasteiger partial charge >= 0.3 is 0 Å². The molecule has 1 rings (SSSR count). The van der Waals surface area contributed by atoms with Crippen molar-refractivity contribution < 1.29 is 9.60 Å². The van der Waals surface area contributed by atoms with E-state index < -0.39 is 5.82 Å². The lowest BCUT2D eigenvalue weighted by Crippen LogP contribution is -2.27. The molecule has 0 spiro atoms. The zero-order valence-corrected chi connectivity index (χ0v) is 8.11. The fourth-order valence-corrected chi connectivity index (χ4v) is 0.890. The Hall–Kier alpha value is -1.73. The van der Waals surface area contributed by atoms with E-state index in [1.807, 2.05) is 0 Å². The van der Waals surface area contributed by atoms with Crippen molar-refractivity contribution in [1.82, 2.24) is 10.5 Å². The highest BCUT2D eigenvalue weighted by atomic mass is 35.5. The average Bonchev–Trinajstić information content (AvgIpc) is 2.21. The Kier molecular flexibility index (Phi) is 3.95. The first-order valence-electron chi connectivity index (χ1n) is 3.71. The molecule has 4 N–H and O–H groups in total. The van der Waals surface area contributed by atoms with E-state index in [2.05, 4.69) is 15.2 Å². The molecule has 0 fully saturated rings. The van der Waals surface area contributed by atoms with Gasteiger partial charge in [0.15, 0.2) is 0 Å². The summed E-state index contributed by atoms with van der Waals surface area (Å²) in [6.07, 6.45) is 2.16. The Balaban J connectivity index is 2.81. The topological polar surface area (TPSA) is 95.9 Å². The van der Waals surface area contributed by atoms with Gasteiger partial charge in [0.25, 0.3) is 0 Å². The number of hydroxylamine groups is 1. The van der Waals surface area contributed by atoms with Crippen LogP contribution >= 0.6 is 11.6 Å². The average molecular weight is 232 g/mol. The Morgan fingerprint density at radius 1 is 1.73 bits per heavy atom. The van der Waals surface area contributed by atoms with E-state index in [1.54, 1.807) is 5.48 Å². The van der Waals surface area contributed by atoms with Crippen molar-refractivity contribution in [3.8, 4) is 0 Å². The van der Waals surface area contributed by atoms with Gasteiger partial charge < -0.3 is 5.73 Å². The van der Waals surface area contributed by atoms with Crippen LogP contribution in [0.3, 0.4) is 0 Å². The molecule has 0 aromatic carbocycles. The number of nitrogens with zero attached hydrogens (tertiary/aromatic N) is 3. The summed E-state index contributed by atoms with van der Waals surface area (Å²) < 4.78 is 12.6. The van der Waals surface area contributed by atoms with Crippen molar-refractivity contribution in [2.45, 2.75) is 0 Å². The van der Waals surface area contributed by atoms with E-state index in [0.29, 0.717) is 0 Å². The summed E-state index contributed by atoms with van der Waals surface area (Å²) in [5.41, 5.74) is 6.88. The summed E-state index contributed by atoms with van der Waals surface area (Å²) in [5, 5.41) is 15.1. The maximum Gasteiger partial charge on any atom is 0.237 e. The Morgan fingerprint density at radius 3 is 3.07 bits per heavy atom. The number of halogens is 2. The van der Waals surface area contributed by atoms with Crippen LogP contribution in [0.1, 0.15) is 5.69 Å². The van der Waals surface area contributed by atoms with Crippen molar-refractivity contribution >= 4 is 23.8 Å². The summed E-state index contributed by atoms with van der Waals surface area (Å²) in [5.74, 6) is -0.832. The molecule has 8 heteroatoms. The van der Waals surface area contributed by atoms with Gasteiger partial charge in [0.05, 0.1) is 17.4 Å². The van der Waals surface area contributed by atoms with Gasteiger partial charge in [-0.25, -0.2) is 9.87 Å². The van der Waals surface area contributed by atoms with Gasteiger partial charge in [0.2, 0.25) is 5.96 Å². The van der Waals surface area contributed by atoms with Crippen molar-refractivity contribution in [3.05, 3.63) is 28.8 Å². The van der Waals surface area contributed by atoms with Gasteiger partial charge in [-0.3, -0.25) is 10.2 Å². The number of aromatic nitrogens is 1. The summed E-state index contributed by atoms with van der Waals surface area (Å²) >= 11 is 5.64. The zero-order chi connectivity index (χ0) is 11.3. The lowest BCUT2D eigenvalue weighted by Gasteiger charge is -1.95. The maximum atomic E-state index is 12.6. The van der Waals surface area contributed by atoms with E-state index in [4.69, 9.17) is 22.5 Å².